The number of hydrogen-bond acceptors (Lipinski definition) is 4. The zero-order chi connectivity index (χ0) is 8.53. The summed E-state index contributed by atoms with van der Waals surface area (Å²) in [5.41, 5.74) is 5.11. The van der Waals surface area contributed by atoms with Crippen molar-refractivity contribution < 1.29 is 14.3 Å². The lowest BCUT2D eigenvalue weighted by atomic mass is 10.5. The van der Waals surface area contributed by atoms with Crippen molar-refractivity contribution in [2.24, 2.45) is 5.73 Å². The Kier molecular flexibility index (Phi) is 6.67. The van der Waals surface area contributed by atoms with Crippen LogP contribution in [-0.2, 0) is 14.3 Å². The Morgan fingerprint density at radius 1 is 1.55 bits per heavy atom. The standard InChI is InChI=1S/C7H13NO3/c1-10-5-6-11-7(9)3-2-4-8/h2-3H,4-6,8H2,1H3/b3-2+. The van der Waals surface area contributed by atoms with Crippen LogP contribution < -0.4 is 5.73 Å². The van der Waals surface area contributed by atoms with Gasteiger partial charge < -0.3 is 15.2 Å². The van der Waals surface area contributed by atoms with Gasteiger partial charge in [-0.3, -0.25) is 0 Å². The topological polar surface area (TPSA) is 61.5 Å². The van der Waals surface area contributed by atoms with E-state index in [-0.39, 0.29) is 12.6 Å². The minimum Gasteiger partial charge on any atom is -0.460 e. The lowest BCUT2D eigenvalue weighted by Crippen LogP contribution is -2.07. The molecule has 0 fully saturated rings. The summed E-state index contributed by atoms with van der Waals surface area (Å²) in [4.78, 5) is 10.7. The molecule has 0 rings (SSSR count). The summed E-state index contributed by atoms with van der Waals surface area (Å²) >= 11 is 0. The molecule has 0 aliphatic heterocycles. The smallest absolute Gasteiger partial charge is 0.330 e. The van der Waals surface area contributed by atoms with Crippen LogP contribution in [-0.4, -0.2) is 32.8 Å². The summed E-state index contributed by atoms with van der Waals surface area (Å²) < 4.78 is 9.35. The van der Waals surface area contributed by atoms with Gasteiger partial charge in [0.2, 0.25) is 0 Å². The molecule has 0 radical (unpaired) electrons. The summed E-state index contributed by atoms with van der Waals surface area (Å²) in [7, 11) is 1.55. The zero-order valence-corrected chi connectivity index (χ0v) is 6.58. The molecule has 11 heavy (non-hydrogen) atoms. The van der Waals surface area contributed by atoms with Gasteiger partial charge in [0.15, 0.2) is 0 Å². The predicted molar refractivity (Wildman–Crippen MR) is 41.0 cm³/mol. The van der Waals surface area contributed by atoms with Crippen LogP contribution in [0, 0.1) is 0 Å². The number of esters is 1. The second-order valence-corrected chi connectivity index (χ2v) is 1.80. The van der Waals surface area contributed by atoms with Crippen LogP contribution in [0.25, 0.3) is 0 Å². The number of methoxy groups -OCH3 is 1. The molecular weight excluding hydrogens is 146 g/mol. The monoisotopic (exact) mass is 159 g/mol. The van der Waals surface area contributed by atoms with Crippen LogP contribution in [0.4, 0.5) is 0 Å². The molecule has 0 aromatic heterocycles. The van der Waals surface area contributed by atoms with E-state index in [0.29, 0.717) is 13.2 Å². The minimum absolute atomic E-state index is 0.282. The van der Waals surface area contributed by atoms with Gasteiger partial charge >= 0.3 is 5.97 Å². The average Bonchev–Trinajstić information content (AvgIpc) is 2.01. The first-order valence-electron chi connectivity index (χ1n) is 3.33. The Labute approximate surface area is 66.0 Å². The van der Waals surface area contributed by atoms with Gasteiger partial charge in [-0.2, -0.15) is 0 Å². The first-order chi connectivity index (χ1) is 5.31. The zero-order valence-electron chi connectivity index (χ0n) is 6.58. The third kappa shape index (κ3) is 7.02. The predicted octanol–water partition coefficient (Wildman–Crippen LogP) is -0.309. The van der Waals surface area contributed by atoms with Crippen LogP contribution in [0.3, 0.4) is 0 Å². The number of carbonyl (C=O) groups excluding carboxylic acids is 1. The van der Waals surface area contributed by atoms with Crippen molar-refractivity contribution >= 4 is 5.97 Å². The maximum Gasteiger partial charge on any atom is 0.330 e. The number of ether oxygens (including phenoxy) is 2. The molecule has 0 saturated heterocycles. The third-order valence-electron chi connectivity index (χ3n) is 0.922. The van der Waals surface area contributed by atoms with E-state index in [4.69, 9.17) is 5.73 Å². The Balaban J connectivity index is 3.30. The van der Waals surface area contributed by atoms with Gasteiger partial charge in [0.1, 0.15) is 6.61 Å². The van der Waals surface area contributed by atoms with Crippen LogP contribution in [0.2, 0.25) is 0 Å². The number of hydrogen-bond donors (Lipinski definition) is 1. The molecule has 0 aromatic carbocycles. The van der Waals surface area contributed by atoms with Gasteiger partial charge in [0, 0.05) is 19.7 Å². The van der Waals surface area contributed by atoms with Gasteiger partial charge in [-0.15, -0.1) is 0 Å². The summed E-state index contributed by atoms with van der Waals surface area (Å²) in [5.74, 6) is -0.382. The van der Waals surface area contributed by atoms with E-state index in [9.17, 15) is 4.79 Å². The fraction of sp³-hybridized carbons (Fsp3) is 0.571. The quantitative estimate of drug-likeness (QED) is 0.339. The maximum absolute atomic E-state index is 10.7. The molecule has 0 spiro atoms. The summed E-state index contributed by atoms with van der Waals surface area (Å²) in [6.07, 6.45) is 2.84. The van der Waals surface area contributed by atoms with E-state index in [1.54, 1.807) is 7.11 Å². The van der Waals surface area contributed by atoms with E-state index < -0.39 is 0 Å². The molecule has 0 aliphatic carbocycles. The lowest BCUT2D eigenvalue weighted by Gasteiger charge is -1.98. The molecule has 0 aromatic rings. The Bertz CT molecular complexity index is 134. The summed E-state index contributed by atoms with van der Waals surface area (Å²) in [6.45, 7) is 1.05. The lowest BCUT2D eigenvalue weighted by molar-refractivity contribution is -0.138. The summed E-state index contributed by atoms with van der Waals surface area (Å²) in [5, 5.41) is 0. The van der Waals surface area contributed by atoms with Gasteiger partial charge in [-0.05, 0) is 0 Å². The molecule has 64 valence electrons. The third-order valence-corrected chi connectivity index (χ3v) is 0.922. The highest BCUT2D eigenvalue weighted by Gasteiger charge is 1.93. The maximum atomic E-state index is 10.7. The van der Waals surface area contributed by atoms with Gasteiger partial charge in [0.05, 0.1) is 6.61 Å². The van der Waals surface area contributed by atoms with Crippen LogP contribution in [0.1, 0.15) is 0 Å². The van der Waals surface area contributed by atoms with Gasteiger partial charge in [0.25, 0.3) is 0 Å². The highest BCUT2D eigenvalue weighted by molar-refractivity contribution is 5.81. The second kappa shape index (κ2) is 7.24. The highest BCUT2D eigenvalue weighted by atomic mass is 16.6. The van der Waals surface area contributed by atoms with E-state index in [1.807, 2.05) is 0 Å². The Morgan fingerprint density at radius 3 is 2.82 bits per heavy atom. The number of nitrogens with two attached hydrogens (primary N) is 1. The van der Waals surface area contributed by atoms with E-state index >= 15 is 0 Å². The fourth-order valence-electron chi connectivity index (χ4n) is 0.438. The SMILES string of the molecule is COCCOC(=O)/C=C/CN. The second-order valence-electron chi connectivity index (χ2n) is 1.80. The Morgan fingerprint density at radius 2 is 2.27 bits per heavy atom. The minimum atomic E-state index is -0.382. The van der Waals surface area contributed by atoms with Crippen LogP contribution in [0.5, 0.6) is 0 Å². The van der Waals surface area contributed by atoms with Crippen molar-refractivity contribution in [3.05, 3.63) is 12.2 Å². The van der Waals surface area contributed by atoms with Crippen molar-refractivity contribution in [1.29, 1.82) is 0 Å². The Hall–Kier alpha value is -0.870. The molecule has 0 bridgehead atoms. The molecular formula is C7H13NO3. The normalized spacial score (nSPS) is 10.4. The van der Waals surface area contributed by atoms with E-state index in [2.05, 4.69) is 9.47 Å². The fourth-order valence-corrected chi connectivity index (χ4v) is 0.438. The number of rotatable bonds is 5. The first kappa shape index (κ1) is 10.1. The molecule has 0 saturated carbocycles. The molecule has 4 nitrogen and oxygen atoms in total. The van der Waals surface area contributed by atoms with Crippen molar-refractivity contribution in [3.8, 4) is 0 Å². The number of carbonyl (C=O) groups is 1. The molecule has 2 N–H and O–H groups in total. The molecule has 0 amide bonds. The molecule has 0 unspecified atom stereocenters. The van der Waals surface area contributed by atoms with Crippen molar-refractivity contribution in [2.45, 2.75) is 0 Å². The first-order valence-corrected chi connectivity index (χ1v) is 3.33. The van der Waals surface area contributed by atoms with Gasteiger partial charge in [-0.1, -0.05) is 6.08 Å². The van der Waals surface area contributed by atoms with Gasteiger partial charge in [-0.25, -0.2) is 4.79 Å². The molecule has 0 aliphatic rings. The summed E-state index contributed by atoms with van der Waals surface area (Å²) in [6, 6.07) is 0. The van der Waals surface area contributed by atoms with E-state index in [1.165, 1.54) is 12.2 Å². The molecule has 4 heteroatoms. The van der Waals surface area contributed by atoms with Crippen LogP contribution in [0.15, 0.2) is 12.2 Å². The highest BCUT2D eigenvalue weighted by Crippen LogP contribution is 1.80. The van der Waals surface area contributed by atoms with Crippen molar-refractivity contribution in [3.63, 3.8) is 0 Å². The molecule has 0 atom stereocenters. The van der Waals surface area contributed by atoms with Crippen LogP contribution >= 0.6 is 0 Å². The largest absolute Gasteiger partial charge is 0.460 e. The van der Waals surface area contributed by atoms with Crippen molar-refractivity contribution in [2.75, 3.05) is 26.9 Å². The van der Waals surface area contributed by atoms with E-state index in [0.717, 1.165) is 0 Å². The van der Waals surface area contributed by atoms with Crippen molar-refractivity contribution in [1.82, 2.24) is 0 Å². The molecule has 0 heterocycles. The average molecular weight is 159 g/mol.